The summed E-state index contributed by atoms with van der Waals surface area (Å²) in [6.45, 7) is 6.48. The summed E-state index contributed by atoms with van der Waals surface area (Å²) in [5, 5.41) is 0. The van der Waals surface area contributed by atoms with Crippen molar-refractivity contribution in [3.05, 3.63) is 71.7 Å². The highest BCUT2D eigenvalue weighted by molar-refractivity contribution is 5.61. The second-order valence-electron chi connectivity index (χ2n) is 8.41. The maximum Gasteiger partial charge on any atom is 0.161 e. The molecule has 1 saturated heterocycles. The molecule has 5 heteroatoms. The van der Waals surface area contributed by atoms with Crippen molar-refractivity contribution in [2.45, 2.75) is 38.6 Å². The number of piperazine rings is 1. The van der Waals surface area contributed by atoms with Crippen LogP contribution in [-0.4, -0.2) is 52.1 Å². The van der Waals surface area contributed by atoms with Gasteiger partial charge in [-0.3, -0.25) is 9.88 Å². The zero-order chi connectivity index (χ0) is 20.3. The fourth-order valence-electron chi connectivity index (χ4n) is 4.72. The van der Waals surface area contributed by atoms with Crippen LogP contribution in [0.3, 0.4) is 0 Å². The number of aromatic nitrogens is 3. The molecule has 0 bridgehead atoms. The Hall–Kier alpha value is -2.79. The van der Waals surface area contributed by atoms with Gasteiger partial charge in [-0.1, -0.05) is 36.4 Å². The minimum atomic E-state index is 0.498. The van der Waals surface area contributed by atoms with Gasteiger partial charge in [-0.05, 0) is 38.3 Å². The minimum absolute atomic E-state index is 0.498. The molecule has 1 aliphatic heterocycles. The van der Waals surface area contributed by atoms with Crippen molar-refractivity contribution in [3.63, 3.8) is 0 Å². The number of hydrogen-bond acceptors (Lipinski definition) is 5. The first-order valence-electron chi connectivity index (χ1n) is 11.1. The lowest BCUT2D eigenvalue weighted by Gasteiger charge is -2.39. The maximum atomic E-state index is 5.06. The molecule has 0 N–H and O–H groups in total. The molecule has 154 valence electrons. The number of benzene rings is 1. The van der Waals surface area contributed by atoms with Crippen molar-refractivity contribution < 1.29 is 0 Å². The van der Waals surface area contributed by atoms with E-state index < -0.39 is 0 Å². The Kier molecular flexibility index (Phi) is 5.45. The Bertz CT molecular complexity index is 981. The fraction of sp³-hybridized carbons (Fsp3) is 0.400. The van der Waals surface area contributed by atoms with E-state index in [4.69, 9.17) is 9.97 Å². The topological polar surface area (TPSA) is 45.2 Å². The highest BCUT2D eigenvalue weighted by Gasteiger charge is 2.27. The first-order valence-corrected chi connectivity index (χ1v) is 11.1. The Morgan fingerprint density at radius 1 is 0.900 bits per heavy atom. The number of pyridine rings is 1. The summed E-state index contributed by atoms with van der Waals surface area (Å²) in [6.07, 6.45) is 6.26. The van der Waals surface area contributed by atoms with E-state index in [-0.39, 0.29) is 0 Å². The van der Waals surface area contributed by atoms with Crippen molar-refractivity contribution in [1.29, 1.82) is 0 Å². The number of aryl methyl sites for hydroxylation is 1. The number of anilines is 1. The summed E-state index contributed by atoms with van der Waals surface area (Å²) in [4.78, 5) is 19.6. The molecule has 2 aromatic heterocycles. The minimum Gasteiger partial charge on any atom is -0.354 e. The molecule has 30 heavy (non-hydrogen) atoms. The maximum absolute atomic E-state index is 5.06. The Morgan fingerprint density at radius 2 is 1.70 bits per heavy atom. The van der Waals surface area contributed by atoms with Crippen LogP contribution in [0, 0.1) is 0 Å². The first kappa shape index (κ1) is 19.2. The summed E-state index contributed by atoms with van der Waals surface area (Å²) < 4.78 is 0. The van der Waals surface area contributed by atoms with Crippen LogP contribution in [0.1, 0.15) is 30.3 Å². The van der Waals surface area contributed by atoms with E-state index in [1.807, 2.05) is 18.3 Å². The van der Waals surface area contributed by atoms with Crippen LogP contribution in [0.25, 0.3) is 11.4 Å². The van der Waals surface area contributed by atoms with Gasteiger partial charge in [0.1, 0.15) is 5.82 Å². The van der Waals surface area contributed by atoms with Crippen molar-refractivity contribution >= 4 is 5.82 Å². The summed E-state index contributed by atoms with van der Waals surface area (Å²) in [6, 6.07) is 17.1. The zero-order valence-corrected chi connectivity index (χ0v) is 17.7. The van der Waals surface area contributed by atoms with Gasteiger partial charge in [0.05, 0.1) is 0 Å². The summed E-state index contributed by atoms with van der Waals surface area (Å²) in [7, 11) is 0. The molecule has 1 aliphatic carbocycles. The molecule has 5 nitrogen and oxygen atoms in total. The highest BCUT2D eigenvalue weighted by atomic mass is 15.3. The van der Waals surface area contributed by atoms with Crippen LogP contribution in [0.2, 0.25) is 0 Å². The Morgan fingerprint density at radius 3 is 2.47 bits per heavy atom. The zero-order valence-electron chi connectivity index (χ0n) is 17.7. The molecule has 0 amide bonds. The average Bonchev–Trinajstić information content (AvgIpc) is 3.29. The molecule has 0 unspecified atom stereocenters. The van der Waals surface area contributed by atoms with Crippen LogP contribution < -0.4 is 4.90 Å². The van der Waals surface area contributed by atoms with Crippen molar-refractivity contribution in [3.8, 4) is 11.4 Å². The fourth-order valence-corrected chi connectivity index (χ4v) is 4.72. The normalized spacial score (nSPS) is 17.7. The average molecular weight is 400 g/mol. The summed E-state index contributed by atoms with van der Waals surface area (Å²) in [5.74, 6) is 2.05. The molecule has 3 aromatic rings. The van der Waals surface area contributed by atoms with E-state index in [9.17, 15) is 0 Å². The third-order valence-electron chi connectivity index (χ3n) is 6.41. The number of nitrogens with zero attached hydrogens (tertiary/aromatic N) is 5. The lowest BCUT2D eigenvalue weighted by atomic mass is 10.1. The van der Waals surface area contributed by atoms with Gasteiger partial charge >= 0.3 is 0 Å². The largest absolute Gasteiger partial charge is 0.354 e. The molecule has 1 aromatic carbocycles. The molecule has 0 radical (unpaired) electrons. The second kappa shape index (κ2) is 8.52. The molecule has 1 atom stereocenters. The van der Waals surface area contributed by atoms with Gasteiger partial charge in [-0.2, -0.15) is 0 Å². The van der Waals surface area contributed by atoms with Crippen molar-refractivity contribution in [2.75, 3.05) is 31.1 Å². The van der Waals surface area contributed by atoms with Crippen molar-refractivity contribution in [2.24, 2.45) is 0 Å². The second-order valence-corrected chi connectivity index (χ2v) is 8.41. The van der Waals surface area contributed by atoms with E-state index >= 15 is 0 Å². The Labute approximate surface area is 178 Å². The molecular weight excluding hydrogens is 370 g/mol. The molecule has 0 saturated carbocycles. The smallest absolute Gasteiger partial charge is 0.161 e. The SMILES string of the molecule is C[C@H](Cc1ccccn1)N1CCN(c2nc(-c3ccccc3)nc3c2CCC3)CC1. The predicted molar refractivity (Wildman–Crippen MR) is 121 cm³/mol. The van der Waals surface area contributed by atoms with Crippen LogP contribution in [0.4, 0.5) is 5.82 Å². The van der Waals surface area contributed by atoms with Gasteiger partial charge < -0.3 is 4.90 Å². The molecular formula is C25H29N5. The molecule has 2 aliphatic rings. The van der Waals surface area contributed by atoms with Gasteiger partial charge in [0.15, 0.2) is 5.82 Å². The van der Waals surface area contributed by atoms with E-state index in [1.54, 1.807) is 0 Å². The van der Waals surface area contributed by atoms with Crippen LogP contribution in [0.5, 0.6) is 0 Å². The lowest BCUT2D eigenvalue weighted by molar-refractivity contribution is 0.194. The third kappa shape index (κ3) is 3.94. The number of fused-ring (bicyclic) bond motifs is 1. The van der Waals surface area contributed by atoms with Gasteiger partial charge in [0, 0.05) is 67.4 Å². The standard InChI is InChI=1S/C25H29N5/c1-19(18-21-10-5-6-13-26-21)29-14-16-30(17-15-29)25-22-11-7-12-23(22)27-24(28-25)20-8-3-2-4-9-20/h2-6,8-10,13,19H,7,11-12,14-18H2,1H3/t19-/m1/s1. The van der Waals surface area contributed by atoms with Gasteiger partial charge in [0.25, 0.3) is 0 Å². The highest BCUT2D eigenvalue weighted by Crippen LogP contribution is 2.32. The van der Waals surface area contributed by atoms with E-state index in [0.29, 0.717) is 6.04 Å². The number of rotatable bonds is 5. The third-order valence-corrected chi connectivity index (χ3v) is 6.41. The predicted octanol–water partition coefficient (Wildman–Crippen LogP) is 3.78. The number of hydrogen-bond donors (Lipinski definition) is 0. The van der Waals surface area contributed by atoms with Crippen molar-refractivity contribution in [1.82, 2.24) is 19.9 Å². The van der Waals surface area contributed by atoms with Gasteiger partial charge in [-0.15, -0.1) is 0 Å². The van der Waals surface area contributed by atoms with E-state index in [0.717, 1.165) is 56.8 Å². The Balaban J connectivity index is 1.32. The van der Waals surface area contributed by atoms with E-state index in [1.165, 1.54) is 29.2 Å². The molecule has 0 spiro atoms. The molecule has 1 fully saturated rings. The van der Waals surface area contributed by atoms with Crippen LogP contribution >= 0.6 is 0 Å². The summed E-state index contributed by atoms with van der Waals surface area (Å²) >= 11 is 0. The van der Waals surface area contributed by atoms with Gasteiger partial charge in [-0.25, -0.2) is 9.97 Å². The summed E-state index contributed by atoms with van der Waals surface area (Å²) in [5.41, 5.74) is 4.92. The van der Waals surface area contributed by atoms with Crippen LogP contribution in [-0.2, 0) is 19.3 Å². The molecule has 5 rings (SSSR count). The van der Waals surface area contributed by atoms with E-state index in [2.05, 4.69) is 58.1 Å². The monoisotopic (exact) mass is 399 g/mol. The van der Waals surface area contributed by atoms with Gasteiger partial charge in [0.2, 0.25) is 0 Å². The lowest BCUT2D eigenvalue weighted by Crippen LogP contribution is -2.50. The molecule has 3 heterocycles. The quantitative estimate of drug-likeness (QED) is 0.653. The first-order chi connectivity index (χ1) is 14.8. The van der Waals surface area contributed by atoms with Crippen LogP contribution in [0.15, 0.2) is 54.7 Å².